The zero-order chi connectivity index (χ0) is 21.9. The van der Waals surface area contributed by atoms with Crippen molar-refractivity contribution in [2.75, 3.05) is 39.7 Å². The van der Waals surface area contributed by atoms with Crippen LogP contribution in [-0.4, -0.2) is 53.0 Å². The van der Waals surface area contributed by atoms with Gasteiger partial charge in [-0.2, -0.15) is 4.31 Å². The van der Waals surface area contributed by atoms with E-state index in [4.69, 9.17) is 25.8 Å². The smallest absolute Gasteiger partial charge is 0.259 e. The highest BCUT2D eigenvalue weighted by atomic mass is 35.5. The molecule has 2 aromatic rings. The summed E-state index contributed by atoms with van der Waals surface area (Å²) in [7, 11) is 0.598. The molecule has 0 radical (unpaired) electrons. The normalized spacial score (nSPS) is 14.4. The van der Waals surface area contributed by atoms with Gasteiger partial charge in [0.2, 0.25) is 15.8 Å². The van der Waals surface area contributed by atoms with Crippen LogP contribution < -0.4 is 19.5 Å². The van der Waals surface area contributed by atoms with Crippen LogP contribution in [0.4, 0.5) is 5.69 Å². The van der Waals surface area contributed by atoms with Crippen LogP contribution in [0.15, 0.2) is 35.2 Å². The van der Waals surface area contributed by atoms with Gasteiger partial charge in [0.1, 0.15) is 4.90 Å². The standard InChI is InChI=1S/C20H23ClN2O6S/c1-27-16-9-7-14(18(28-2)19(16)29-3)20(24)22-13-6-8-15(21)17(12-13)30(25,26)23-10-4-5-11-23/h6-9,12H,4-5,10-11H2,1-3H3,(H,22,24). The number of methoxy groups -OCH3 is 3. The Morgan fingerprint density at radius 1 is 1.00 bits per heavy atom. The second-order valence-corrected chi connectivity index (χ2v) is 8.91. The van der Waals surface area contributed by atoms with Crippen molar-refractivity contribution in [1.82, 2.24) is 4.31 Å². The molecule has 8 nitrogen and oxygen atoms in total. The van der Waals surface area contributed by atoms with Gasteiger partial charge in [-0.15, -0.1) is 0 Å². The van der Waals surface area contributed by atoms with Crippen molar-refractivity contribution in [3.8, 4) is 17.2 Å². The van der Waals surface area contributed by atoms with Crippen molar-refractivity contribution in [2.45, 2.75) is 17.7 Å². The van der Waals surface area contributed by atoms with E-state index in [9.17, 15) is 13.2 Å². The molecule has 2 aromatic carbocycles. The van der Waals surface area contributed by atoms with Crippen LogP contribution in [0, 0.1) is 0 Å². The van der Waals surface area contributed by atoms with Crippen molar-refractivity contribution >= 4 is 33.2 Å². The van der Waals surface area contributed by atoms with E-state index in [1.807, 2.05) is 0 Å². The number of carbonyl (C=O) groups excluding carboxylic acids is 1. The number of rotatable bonds is 7. The van der Waals surface area contributed by atoms with Gasteiger partial charge in [-0.3, -0.25) is 4.79 Å². The van der Waals surface area contributed by atoms with Crippen LogP contribution in [0.3, 0.4) is 0 Å². The Morgan fingerprint density at radius 2 is 1.67 bits per heavy atom. The summed E-state index contributed by atoms with van der Waals surface area (Å²) in [6.07, 6.45) is 1.62. The fraction of sp³-hybridized carbons (Fsp3) is 0.350. The third kappa shape index (κ3) is 4.19. The molecular formula is C20H23ClN2O6S. The Morgan fingerprint density at radius 3 is 2.27 bits per heavy atom. The number of ether oxygens (including phenoxy) is 3. The molecule has 0 spiro atoms. The summed E-state index contributed by atoms with van der Waals surface area (Å²) >= 11 is 6.16. The SMILES string of the molecule is COc1ccc(C(=O)Nc2ccc(Cl)c(S(=O)(=O)N3CCCC3)c2)c(OC)c1OC. The highest BCUT2D eigenvalue weighted by Gasteiger charge is 2.29. The maximum absolute atomic E-state index is 12.9. The molecule has 0 unspecified atom stereocenters. The van der Waals surface area contributed by atoms with Crippen LogP contribution in [-0.2, 0) is 10.0 Å². The summed E-state index contributed by atoms with van der Waals surface area (Å²) in [5.41, 5.74) is 0.494. The minimum Gasteiger partial charge on any atom is -0.493 e. The van der Waals surface area contributed by atoms with Crippen LogP contribution >= 0.6 is 11.6 Å². The van der Waals surface area contributed by atoms with Crippen molar-refractivity contribution in [3.63, 3.8) is 0 Å². The maximum atomic E-state index is 12.9. The number of halogens is 1. The number of nitrogens with zero attached hydrogens (tertiary/aromatic N) is 1. The molecule has 0 atom stereocenters. The molecule has 1 fully saturated rings. The number of nitrogens with one attached hydrogen (secondary N) is 1. The molecule has 1 heterocycles. The Balaban J connectivity index is 1.93. The molecule has 30 heavy (non-hydrogen) atoms. The van der Waals surface area contributed by atoms with Crippen molar-refractivity contribution in [3.05, 3.63) is 40.9 Å². The lowest BCUT2D eigenvalue weighted by Crippen LogP contribution is -2.28. The monoisotopic (exact) mass is 454 g/mol. The first-order valence-corrected chi connectivity index (χ1v) is 11.0. The van der Waals surface area contributed by atoms with Gasteiger partial charge in [0, 0.05) is 18.8 Å². The van der Waals surface area contributed by atoms with Crippen LogP contribution in [0.25, 0.3) is 0 Å². The Labute approximate surface area is 180 Å². The summed E-state index contributed by atoms with van der Waals surface area (Å²) in [5.74, 6) is 0.394. The quantitative estimate of drug-likeness (QED) is 0.689. The highest BCUT2D eigenvalue weighted by molar-refractivity contribution is 7.89. The highest BCUT2D eigenvalue weighted by Crippen LogP contribution is 2.40. The van der Waals surface area contributed by atoms with Crippen LogP contribution in [0.1, 0.15) is 23.2 Å². The first-order valence-electron chi connectivity index (χ1n) is 9.23. The number of hydrogen-bond donors (Lipinski definition) is 1. The molecule has 10 heteroatoms. The zero-order valence-corrected chi connectivity index (χ0v) is 18.5. The Kier molecular flexibility index (Phi) is 6.74. The zero-order valence-electron chi connectivity index (χ0n) is 16.9. The molecule has 0 aromatic heterocycles. The molecule has 0 aliphatic carbocycles. The Bertz CT molecular complexity index is 1050. The largest absolute Gasteiger partial charge is 0.493 e. The third-order valence-corrected chi connectivity index (χ3v) is 7.20. The van der Waals surface area contributed by atoms with E-state index >= 15 is 0 Å². The summed E-state index contributed by atoms with van der Waals surface area (Å²) in [4.78, 5) is 12.8. The number of benzene rings is 2. The molecule has 1 amide bonds. The summed E-state index contributed by atoms with van der Waals surface area (Å²) < 4.78 is 43.1. The number of anilines is 1. The second-order valence-electron chi connectivity index (χ2n) is 6.59. The topological polar surface area (TPSA) is 94.2 Å². The predicted molar refractivity (Wildman–Crippen MR) is 113 cm³/mol. The third-order valence-electron chi connectivity index (χ3n) is 4.82. The Hall–Kier alpha value is -2.49. The number of amides is 1. The average molecular weight is 455 g/mol. The maximum Gasteiger partial charge on any atom is 0.259 e. The molecule has 1 aliphatic heterocycles. The van der Waals surface area contributed by atoms with E-state index < -0.39 is 15.9 Å². The van der Waals surface area contributed by atoms with Gasteiger partial charge in [0.15, 0.2) is 11.5 Å². The lowest BCUT2D eigenvalue weighted by Gasteiger charge is -2.18. The van der Waals surface area contributed by atoms with Gasteiger partial charge in [-0.25, -0.2) is 8.42 Å². The van der Waals surface area contributed by atoms with E-state index in [0.717, 1.165) is 12.8 Å². The van der Waals surface area contributed by atoms with E-state index in [-0.39, 0.29) is 27.0 Å². The van der Waals surface area contributed by atoms with Crippen LogP contribution in [0.5, 0.6) is 17.2 Å². The molecular weight excluding hydrogens is 432 g/mol. The van der Waals surface area contributed by atoms with Gasteiger partial charge in [-0.05, 0) is 43.2 Å². The van der Waals surface area contributed by atoms with Crippen molar-refractivity contribution in [1.29, 1.82) is 0 Å². The first kappa shape index (κ1) is 22.2. The first-order chi connectivity index (χ1) is 14.3. The summed E-state index contributed by atoms with van der Waals surface area (Å²) in [6, 6.07) is 7.47. The van der Waals surface area contributed by atoms with Crippen LogP contribution in [0.2, 0.25) is 5.02 Å². The van der Waals surface area contributed by atoms with Gasteiger partial charge >= 0.3 is 0 Å². The summed E-state index contributed by atoms with van der Waals surface area (Å²) in [5, 5.41) is 2.80. The molecule has 1 saturated heterocycles. The van der Waals surface area contributed by atoms with E-state index in [2.05, 4.69) is 5.32 Å². The van der Waals surface area contributed by atoms with Crippen molar-refractivity contribution < 1.29 is 27.4 Å². The van der Waals surface area contributed by atoms with E-state index in [0.29, 0.717) is 24.5 Å². The minimum atomic E-state index is -3.74. The summed E-state index contributed by atoms with van der Waals surface area (Å²) in [6.45, 7) is 0.913. The number of hydrogen-bond acceptors (Lipinski definition) is 6. The molecule has 0 saturated carbocycles. The van der Waals surface area contributed by atoms with Gasteiger partial charge in [0.05, 0.1) is 31.9 Å². The molecule has 1 N–H and O–H groups in total. The molecule has 3 rings (SSSR count). The predicted octanol–water partition coefficient (Wildman–Crippen LogP) is 3.40. The lowest BCUT2D eigenvalue weighted by molar-refractivity contribution is 0.102. The minimum absolute atomic E-state index is 0.0388. The molecule has 162 valence electrons. The van der Waals surface area contributed by atoms with E-state index in [1.165, 1.54) is 49.9 Å². The average Bonchev–Trinajstić information content (AvgIpc) is 3.29. The number of sulfonamides is 1. The van der Waals surface area contributed by atoms with Gasteiger partial charge in [0.25, 0.3) is 5.91 Å². The van der Waals surface area contributed by atoms with Gasteiger partial charge in [-0.1, -0.05) is 11.6 Å². The van der Waals surface area contributed by atoms with Gasteiger partial charge < -0.3 is 19.5 Å². The lowest BCUT2D eigenvalue weighted by atomic mass is 10.1. The molecule has 0 bridgehead atoms. The fourth-order valence-electron chi connectivity index (χ4n) is 3.32. The van der Waals surface area contributed by atoms with Crippen molar-refractivity contribution in [2.24, 2.45) is 0 Å². The molecule has 1 aliphatic rings. The fourth-order valence-corrected chi connectivity index (χ4v) is 5.34. The van der Waals surface area contributed by atoms with E-state index in [1.54, 1.807) is 6.07 Å². The number of carbonyl (C=O) groups is 1. The second kappa shape index (κ2) is 9.11.